The Morgan fingerprint density at radius 2 is 2.05 bits per heavy atom. The van der Waals surface area contributed by atoms with E-state index in [-0.39, 0.29) is 22.6 Å². The fourth-order valence-corrected chi connectivity index (χ4v) is 2.62. The summed E-state index contributed by atoms with van der Waals surface area (Å²) in [5, 5.41) is 40.8. The zero-order valence-corrected chi connectivity index (χ0v) is 11.3. The zero-order valence-electron chi connectivity index (χ0n) is 11.3. The Labute approximate surface area is 120 Å². The summed E-state index contributed by atoms with van der Waals surface area (Å²) in [5.74, 6) is -0.469. The van der Waals surface area contributed by atoms with Gasteiger partial charge in [-0.1, -0.05) is 0 Å². The standard InChI is InChI=1S/C14H10N4O3/c1-7-14-17(2)3-4-18(14)10-11(19)8(5-15)9(6-16)12(20)13(10)21-7/h3-4,7H,1-2H3,(H-,19,20). The molecule has 7 heteroatoms. The molecule has 1 N–H and O–H groups in total. The molecule has 0 saturated heterocycles. The molecule has 2 aromatic rings. The summed E-state index contributed by atoms with van der Waals surface area (Å²) in [6.45, 7) is 1.77. The first-order valence-electron chi connectivity index (χ1n) is 6.15. The van der Waals surface area contributed by atoms with Crippen LogP contribution in [0.1, 0.15) is 30.0 Å². The molecule has 3 rings (SSSR count). The highest BCUT2D eigenvalue weighted by Crippen LogP contribution is 2.48. The topological polar surface area (TPSA) is 109 Å². The summed E-state index contributed by atoms with van der Waals surface area (Å²) >= 11 is 0. The third-order valence-electron chi connectivity index (χ3n) is 3.53. The van der Waals surface area contributed by atoms with Gasteiger partial charge in [0.2, 0.25) is 5.75 Å². The lowest BCUT2D eigenvalue weighted by atomic mass is 10.0. The van der Waals surface area contributed by atoms with Crippen molar-refractivity contribution in [2.75, 3.05) is 0 Å². The number of aromatic nitrogens is 2. The molecule has 1 aliphatic rings. The van der Waals surface area contributed by atoms with Crippen LogP contribution in [0.2, 0.25) is 0 Å². The van der Waals surface area contributed by atoms with Gasteiger partial charge in [-0.3, -0.25) is 0 Å². The molecular formula is C14H10N4O3. The minimum absolute atomic E-state index is 0.0525. The van der Waals surface area contributed by atoms with Crippen LogP contribution in [0.3, 0.4) is 0 Å². The van der Waals surface area contributed by atoms with E-state index in [1.165, 1.54) is 0 Å². The summed E-state index contributed by atoms with van der Waals surface area (Å²) in [6.07, 6.45) is 2.98. The maximum atomic E-state index is 12.5. The van der Waals surface area contributed by atoms with E-state index in [1.807, 2.05) is 0 Å². The number of phenols is 1. The molecule has 1 aromatic carbocycles. The van der Waals surface area contributed by atoms with E-state index in [1.54, 1.807) is 47.6 Å². The number of phenolic OH excluding ortho intramolecular Hbond substituents is 1. The third-order valence-corrected chi connectivity index (χ3v) is 3.53. The Kier molecular flexibility index (Phi) is 2.54. The van der Waals surface area contributed by atoms with Crippen LogP contribution < -0.4 is 14.4 Å². The van der Waals surface area contributed by atoms with Crippen LogP contribution in [-0.2, 0) is 7.05 Å². The van der Waals surface area contributed by atoms with Gasteiger partial charge >= 0.3 is 5.82 Å². The number of imidazole rings is 1. The van der Waals surface area contributed by atoms with Crippen molar-refractivity contribution < 1.29 is 19.5 Å². The molecule has 0 fully saturated rings. The van der Waals surface area contributed by atoms with Gasteiger partial charge in [0, 0.05) is 0 Å². The maximum absolute atomic E-state index is 12.5. The second kappa shape index (κ2) is 4.15. The normalized spacial score (nSPS) is 15.3. The van der Waals surface area contributed by atoms with Crippen LogP contribution in [-0.4, -0.2) is 9.67 Å². The maximum Gasteiger partial charge on any atom is 0.302 e. The third kappa shape index (κ3) is 1.49. The fraction of sp³-hybridized carbons (Fsp3) is 0.214. The highest BCUT2D eigenvalue weighted by molar-refractivity contribution is 5.75. The predicted molar refractivity (Wildman–Crippen MR) is 66.5 cm³/mol. The van der Waals surface area contributed by atoms with Crippen molar-refractivity contribution >= 4 is 0 Å². The van der Waals surface area contributed by atoms with Gasteiger partial charge in [0.1, 0.15) is 30.1 Å². The fourth-order valence-electron chi connectivity index (χ4n) is 2.62. The number of ether oxygens (including phenoxy) is 1. The van der Waals surface area contributed by atoms with Crippen molar-refractivity contribution in [2.24, 2.45) is 7.05 Å². The first-order chi connectivity index (χ1) is 10.0. The van der Waals surface area contributed by atoms with Crippen LogP contribution in [0.4, 0.5) is 0 Å². The number of rotatable bonds is 0. The van der Waals surface area contributed by atoms with Crippen LogP contribution in [0.5, 0.6) is 17.2 Å². The minimum atomic E-state index is -0.633. The molecule has 1 aromatic heterocycles. The molecule has 7 nitrogen and oxygen atoms in total. The summed E-state index contributed by atoms with van der Waals surface area (Å²) in [5.41, 5.74) is -0.681. The molecule has 2 heterocycles. The van der Waals surface area contributed by atoms with E-state index in [0.29, 0.717) is 5.82 Å². The zero-order chi connectivity index (χ0) is 15.3. The van der Waals surface area contributed by atoms with Crippen molar-refractivity contribution in [3.63, 3.8) is 0 Å². The number of aromatic hydroxyl groups is 1. The molecule has 104 valence electrons. The molecule has 1 aliphatic heterocycles. The number of nitrogens with zero attached hydrogens (tertiary/aromatic N) is 4. The second-order valence-corrected chi connectivity index (χ2v) is 4.73. The Bertz CT molecular complexity index is 855. The SMILES string of the molecule is CC1Oc2c(O)c(C#N)c(C#N)c([O-])c2-n2cc[n+](C)c21. The molecule has 0 bridgehead atoms. The number of fused-ring (bicyclic) bond motifs is 3. The molecule has 1 atom stereocenters. The van der Waals surface area contributed by atoms with Crippen molar-refractivity contribution in [1.29, 1.82) is 10.5 Å². The van der Waals surface area contributed by atoms with Gasteiger partial charge in [-0.15, -0.1) is 0 Å². The molecule has 21 heavy (non-hydrogen) atoms. The molecule has 1 unspecified atom stereocenters. The molecule has 0 amide bonds. The molecular weight excluding hydrogens is 272 g/mol. The van der Waals surface area contributed by atoms with Gasteiger partial charge in [0.05, 0.1) is 12.6 Å². The number of hydrogen-bond donors (Lipinski definition) is 1. The van der Waals surface area contributed by atoms with Crippen LogP contribution in [0.15, 0.2) is 12.4 Å². The molecule has 0 aliphatic carbocycles. The highest BCUT2D eigenvalue weighted by Gasteiger charge is 2.36. The molecule has 0 radical (unpaired) electrons. The first-order valence-corrected chi connectivity index (χ1v) is 6.15. The minimum Gasteiger partial charge on any atom is -0.869 e. The van der Waals surface area contributed by atoms with Crippen molar-refractivity contribution in [3.8, 4) is 35.1 Å². The van der Waals surface area contributed by atoms with E-state index in [0.717, 1.165) is 0 Å². The smallest absolute Gasteiger partial charge is 0.302 e. The summed E-state index contributed by atoms with van der Waals surface area (Å²) in [4.78, 5) is 0. The number of aryl methyl sites for hydroxylation is 1. The Morgan fingerprint density at radius 1 is 1.38 bits per heavy atom. The molecule has 0 spiro atoms. The van der Waals surface area contributed by atoms with E-state index in [2.05, 4.69) is 0 Å². The quantitative estimate of drug-likeness (QED) is 0.698. The Hall–Kier alpha value is -3.19. The van der Waals surface area contributed by atoms with Gasteiger partial charge in [-0.25, -0.2) is 4.57 Å². The first kappa shape index (κ1) is 12.8. The van der Waals surface area contributed by atoms with Gasteiger partial charge < -0.3 is 14.9 Å². The van der Waals surface area contributed by atoms with E-state index in [9.17, 15) is 10.2 Å². The van der Waals surface area contributed by atoms with Gasteiger partial charge in [-0.2, -0.15) is 15.1 Å². The largest absolute Gasteiger partial charge is 0.869 e. The second-order valence-electron chi connectivity index (χ2n) is 4.73. The lowest BCUT2D eigenvalue weighted by Gasteiger charge is -2.26. The van der Waals surface area contributed by atoms with E-state index in [4.69, 9.17) is 15.3 Å². The van der Waals surface area contributed by atoms with Crippen molar-refractivity contribution in [2.45, 2.75) is 13.0 Å². The summed E-state index contributed by atoms with van der Waals surface area (Å²) in [7, 11) is 1.80. The average Bonchev–Trinajstić information content (AvgIpc) is 2.85. The Balaban J connectivity index is 2.47. The highest BCUT2D eigenvalue weighted by atomic mass is 16.5. The van der Waals surface area contributed by atoms with Crippen molar-refractivity contribution in [1.82, 2.24) is 4.57 Å². The van der Waals surface area contributed by atoms with Gasteiger partial charge in [0.15, 0.2) is 17.5 Å². The van der Waals surface area contributed by atoms with Crippen LogP contribution >= 0.6 is 0 Å². The molecule has 0 saturated carbocycles. The lowest BCUT2D eigenvalue weighted by molar-refractivity contribution is -0.682. The van der Waals surface area contributed by atoms with Crippen LogP contribution in [0, 0.1) is 22.7 Å². The summed E-state index contributed by atoms with van der Waals surface area (Å²) in [6, 6.07) is 3.37. The van der Waals surface area contributed by atoms with Crippen molar-refractivity contribution in [3.05, 3.63) is 29.3 Å². The van der Waals surface area contributed by atoms with Crippen LogP contribution in [0.25, 0.3) is 5.69 Å². The monoisotopic (exact) mass is 282 g/mol. The van der Waals surface area contributed by atoms with E-state index >= 15 is 0 Å². The summed E-state index contributed by atoms with van der Waals surface area (Å²) < 4.78 is 8.96. The van der Waals surface area contributed by atoms with E-state index < -0.39 is 17.6 Å². The predicted octanol–water partition coefficient (Wildman–Crippen LogP) is 0.278. The Morgan fingerprint density at radius 3 is 2.67 bits per heavy atom. The lowest BCUT2D eigenvalue weighted by Crippen LogP contribution is -2.36. The number of benzene rings is 1. The average molecular weight is 282 g/mol. The number of nitriles is 2. The van der Waals surface area contributed by atoms with Gasteiger partial charge in [0.25, 0.3) is 0 Å². The number of hydrogen-bond acceptors (Lipinski definition) is 5. The van der Waals surface area contributed by atoms with Gasteiger partial charge in [-0.05, 0) is 12.7 Å².